The third kappa shape index (κ3) is 6.31. The van der Waals surface area contributed by atoms with Gasteiger partial charge in [-0.05, 0) is 42.1 Å². The van der Waals surface area contributed by atoms with E-state index >= 15 is 4.39 Å². The molecule has 5 rings (SSSR count). The maximum atomic E-state index is 15.9. The fourth-order valence-electron chi connectivity index (χ4n) is 4.47. The Morgan fingerprint density at radius 1 is 1.16 bits per heavy atom. The van der Waals surface area contributed by atoms with Gasteiger partial charge in [0.05, 0.1) is 17.0 Å². The van der Waals surface area contributed by atoms with Crippen LogP contribution in [0.2, 0.25) is 0 Å². The predicted octanol–water partition coefficient (Wildman–Crippen LogP) is 4.90. The molecule has 1 saturated heterocycles. The van der Waals surface area contributed by atoms with Crippen LogP contribution in [0.1, 0.15) is 11.8 Å². The van der Waals surface area contributed by atoms with Crippen LogP contribution < -0.4 is 10.6 Å². The van der Waals surface area contributed by atoms with Crippen molar-refractivity contribution < 1.29 is 14.3 Å². The zero-order valence-electron chi connectivity index (χ0n) is 20.9. The Balaban J connectivity index is 0.00000336. The van der Waals surface area contributed by atoms with Crippen molar-refractivity contribution in [2.24, 2.45) is 0 Å². The fourth-order valence-corrected chi connectivity index (χ4v) is 6.37. The second kappa shape index (κ2) is 12.9. The normalized spacial score (nSPS) is 14.4. The quantitative estimate of drug-likeness (QED) is 0.276. The van der Waals surface area contributed by atoms with E-state index in [1.54, 1.807) is 17.5 Å². The van der Waals surface area contributed by atoms with E-state index in [9.17, 15) is 4.79 Å². The number of benzene rings is 1. The first-order valence-corrected chi connectivity index (χ1v) is 14.0. The molecule has 1 aliphatic rings. The number of aliphatic hydroxyl groups excluding tert-OH is 1. The highest BCUT2D eigenvalue weighted by Crippen LogP contribution is 2.41. The number of halogens is 2. The Labute approximate surface area is 234 Å². The van der Waals surface area contributed by atoms with Gasteiger partial charge >= 0.3 is 6.03 Å². The maximum absolute atomic E-state index is 15.9. The zero-order chi connectivity index (χ0) is 25.8. The van der Waals surface area contributed by atoms with Crippen molar-refractivity contribution in [3.05, 3.63) is 52.6 Å². The van der Waals surface area contributed by atoms with E-state index in [4.69, 9.17) is 5.11 Å². The molecule has 0 radical (unpaired) electrons. The van der Waals surface area contributed by atoms with Crippen molar-refractivity contribution in [1.82, 2.24) is 25.1 Å². The molecule has 8 nitrogen and oxygen atoms in total. The lowest BCUT2D eigenvalue weighted by atomic mass is 10.0. The number of aliphatic hydroxyl groups is 1. The van der Waals surface area contributed by atoms with Crippen LogP contribution in [0.4, 0.5) is 14.3 Å². The van der Waals surface area contributed by atoms with Crippen molar-refractivity contribution in [2.45, 2.75) is 13.5 Å². The maximum Gasteiger partial charge on any atom is 0.321 e. The van der Waals surface area contributed by atoms with Crippen molar-refractivity contribution in [3.63, 3.8) is 0 Å². The van der Waals surface area contributed by atoms with Crippen LogP contribution in [0.15, 0.2) is 41.9 Å². The number of carbonyl (C=O) groups is 1. The van der Waals surface area contributed by atoms with Gasteiger partial charge in [-0.15, -0.1) is 23.7 Å². The highest BCUT2D eigenvalue weighted by atomic mass is 35.5. The van der Waals surface area contributed by atoms with E-state index in [0.29, 0.717) is 28.5 Å². The number of thiophene rings is 1. The first kappa shape index (κ1) is 28.3. The average Bonchev–Trinajstić information content (AvgIpc) is 3.54. The number of amides is 2. The molecule has 1 aliphatic heterocycles. The highest BCUT2D eigenvalue weighted by Gasteiger charge is 2.22. The molecule has 0 spiro atoms. The second-order valence-corrected chi connectivity index (χ2v) is 10.8. The van der Waals surface area contributed by atoms with Crippen molar-refractivity contribution in [3.8, 4) is 22.4 Å². The number of aromatic nitrogens is 2. The summed E-state index contributed by atoms with van der Waals surface area (Å²) in [5.74, 6) is -0.406. The van der Waals surface area contributed by atoms with Gasteiger partial charge < -0.3 is 10.4 Å². The van der Waals surface area contributed by atoms with Crippen LogP contribution in [0.3, 0.4) is 0 Å². The molecule has 12 heteroatoms. The lowest BCUT2D eigenvalue weighted by Gasteiger charge is -2.34. The number of thiazole rings is 1. The van der Waals surface area contributed by atoms with Gasteiger partial charge in [0.25, 0.3) is 0 Å². The molecule has 1 aromatic carbocycles. The SMILES string of the molecule is CCNC(=O)Nc1nc2c(F)c(-c3csc(CN4CCN(CCO)CC4)c3)cc(-c3ccccn3)c2s1.Cl. The molecule has 0 saturated carbocycles. The number of carbonyl (C=O) groups excluding carboxylic acids is 1. The molecule has 3 aromatic heterocycles. The molecule has 38 heavy (non-hydrogen) atoms. The van der Waals surface area contributed by atoms with Gasteiger partial charge in [0, 0.05) is 68.0 Å². The number of β-amino-alcohol motifs (C(OH)–C–C–N with tert-alkyl or cyclic N) is 1. The first-order chi connectivity index (χ1) is 18.1. The summed E-state index contributed by atoms with van der Waals surface area (Å²) in [6.07, 6.45) is 1.71. The van der Waals surface area contributed by atoms with Crippen LogP contribution in [0, 0.1) is 5.82 Å². The number of rotatable bonds is 8. The number of fused-ring (bicyclic) bond motifs is 1. The Hall–Kier alpha value is -2.67. The summed E-state index contributed by atoms with van der Waals surface area (Å²) < 4.78 is 16.5. The molecule has 4 heterocycles. The van der Waals surface area contributed by atoms with Crippen LogP contribution in [-0.4, -0.2) is 76.8 Å². The number of nitrogens with zero attached hydrogens (tertiary/aromatic N) is 4. The van der Waals surface area contributed by atoms with Gasteiger partial charge in [-0.3, -0.25) is 20.1 Å². The third-order valence-electron chi connectivity index (χ3n) is 6.33. The zero-order valence-corrected chi connectivity index (χ0v) is 23.4. The van der Waals surface area contributed by atoms with Crippen molar-refractivity contribution >= 4 is 56.5 Å². The summed E-state index contributed by atoms with van der Waals surface area (Å²) in [7, 11) is 0. The van der Waals surface area contributed by atoms with E-state index in [0.717, 1.165) is 49.5 Å². The number of hydrogen-bond donors (Lipinski definition) is 3. The van der Waals surface area contributed by atoms with Crippen LogP contribution in [-0.2, 0) is 6.54 Å². The molecule has 0 bridgehead atoms. The Bertz CT molecular complexity index is 1380. The summed E-state index contributed by atoms with van der Waals surface area (Å²) in [5.41, 5.74) is 3.00. The summed E-state index contributed by atoms with van der Waals surface area (Å²) in [4.78, 5) is 26.8. The van der Waals surface area contributed by atoms with E-state index in [1.165, 1.54) is 16.2 Å². The van der Waals surface area contributed by atoms with E-state index in [-0.39, 0.29) is 30.6 Å². The summed E-state index contributed by atoms with van der Waals surface area (Å²) in [6.45, 7) is 7.79. The number of urea groups is 1. The van der Waals surface area contributed by atoms with Gasteiger partial charge in [0.2, 0.25) is 0 Å². The molecule has 2 amide bonds. The van der Waals surface area contributed by atoms with Crippen molar-refractivity contribution in [2.75, 3.05) is 51.2 Å². The fraction of sp³-hybridized carbons (Fsp3) is 0.346. The molecule has 0 aliphatic carbocycles. The number of anilines is 1. The van der Waals surface area contributed by atoms with Crippen molar-refractivity contribution in [1.29, 1.82) is 0 Å². The monoisotopic (exact) mass is 576 g/mol. The van der Waals surface area contributed by atoms with Gasteiger partial charge in [-0.1, -0.05) is 17.4 Å². The minimum Gasteiger partial charge on any atom is -0.395 e. The third-order valence-corrected chi connectivity index (χ3v) is 8.25. The van der Waals surface area contributed by atoms with Gasteiger partial charge in [0.1, 0.15) is 5.52 Å². The molecule has 202 valence electrons. The first-order valence-electron chi connectivity index (χ1n) is 12.3. The molecule has 3 N–H and O–H groups in total. The summed E-state index contributed by atoms with van der Waals surface area (Å²) >= 11 is 2.86. The molecule has 4 aromatic rings. The van der Waals surface area contributed by atoms with E-state index in [2.05, 4.69) is 36.5 Å². The smallest absolute Gasteiger partial charge is 0.321 e. The molecular weight excluding hydrogens is 547 g/mol. The minimum atomic E-state index is -0.406. The largest absolute Gasteiger partial charge is 0.395 e. The highest BCUT2D eigenvalue weighted by molar-refractivity contribution is 7.22. The van der Waals surface area contributed by atoms with Crippen LogP contribution in [0.5, 0.6) is 0 Å². The summed E-state index contributed by atoms with van der Waals surface area (Å²) in [5, 5.41) is 16.9. The molecule has 0 unspecified atom stereocenters. The Morgan fingerprint density at radius 2 is 1.95 bits per heavy atom. The topological polar surface area (TPSA) is 93.6 Å². The number of pyridine rings is 1. The Kier molecular flexibility index (Phi) is 9.64. The lowest BCUT2D eigenvalue weighted by Crippen LogP contribution is -2.46. The minimum absolute atomic E-state index is 0. The van der Waals surface area contributed by atoms with Gasteiger partial charge in [0.15, 0.2) is 10.9 Å². The number of hydrogen-bond acceptors (Lipinski definition) is 8. The van der Waals surface area contributed by atoms with Crippen LogP contribution >= 0.6 is 35.1 Å². The number of nitrogens with one attached hydrogen (secondary N) is 2. The molecule has 1 fully saturated rings. The average molecular weight is 577 g/mol. The van der Waals surface area contributed by atoms with E-state index < -0.39 is 5.82 Å². The predicted molar refractivity (Wildman–Crippen MR) is 155 cm³/mol. The molecular formula is C26H30ClFN6O2S2. The molecule has 0 atom stereocenters. The standard InChI is InChI=1S/C26H29FN6O2S2.ClH/c1-2-28-25(35)31-26-30-23-22(27)19(14-20(24(23)37-26)21-5-3-4-6-29-21)17-13-18(36-16-17)15-33-9-7-32(8-10-33)11-12-34;/h3-6,13-14,16,34H,2,7-12,15H2,1H3,(H2,28,30,31,35);1H. The van der Waals surface area contributed by atoms with E-state index in [1.807, 2.05) is 36.6 Å². The second-order valence-electron chi connectivity index (χ2n) is 8.82. The van der Waals surface area contributed by atoms with Gasteiger partial charge in [-0.25, -0.2) is 14.2 Å². The summed E-state index contributed by atoms with van der Waals surface area (Å²) in [6, 6.07) is 9.15. The number of piperazine rings is 1. The van der Waals surface area contributed by atoms with Gasteiger partial charge in [-0.2, -0.15) is 0 Å². The Morgan fingerprint density at radius 3 is 2.66 bits per heavy atom. The van der Waals surface area contributed by atoms with Crippen LogP contribution in [0.25, 0.3) is 32.6 Å². The lowest BCUT2D eigenvalue weighted by molar-refractivity contribution is 0.109.